The van der Waals surface area contributed by atoms with Crippen LogP contribution in [0.4, 0.5) is 0 Å². The Morgan fingerprint density at radius 3 is 2.80 bits per heavy atom. The Labute approximate surface area is 120 Å². The van der Waals surface area contributed by atoms with Crippen LogP contribution in [-0.4, -0.2) is 32.7 Å². The van der Waals surface area contributed by atoms with Crippen LogP contribution in [0.5, 0.6) is 5.75 Å². The van der Waals surface area contributed by atoms with Gasteiger partial charge in [0, 0.05) is 19.7 Å². The van der Waals surface area contributed by atoms with Gasteiger partial charge in [0.05, 0.1) is 29.2 Å². The maximum atomic E-state index is 12.0. The molecule has 2 aromatic heterocycles. The highest BCUT2D eigenvalue weighted by molar-refractivity contribution is 6.31. The molecule has 2 N–H and O–H groups in total. The minimum absolute atomic E-state index is 0.256. The summed E-state index contributed by atoms with van der Waals surface area (Å²) in [7, 11) is 1.78. The maximum absolute atomic E-state index is 12.0. The summed E-state index contributed by atoms with van der Waals surface area (Å²) in [6, 6.07) is 1.37. The zero-order valence-corrected chi connectivity index (χ0v) is 12.1. The van der Waals surface area contributed by atoms with Crippen LogP contribution in [0.2, 0.25) is 5.02 Å². The van der Waals surface area contributed by atoms with Crippen molar-refractivity contribution in [3.8, 4) is 5.75 Å². The first-order chi connectivity index (χ1) is 9.52. The van der Waals surface area contributed by atoms with E-state index >= 15 is 0 Å². The molecule has 20 heavy (non-hydrogen) atoms. The van der Waals surface area contributed by atoms with E-state index in [1.54, 1.807) is 11.7 Å². The highest BCUT2D eigenvalue weighted by Gasteiger charge is 2.13. The standard InChI is InChI=1S/C12H16ClN5O2/c1-8-12(13)10(17(2)16-8)7-18-11(19)5-9(6-15-18)20-4-3-14/h5-6H,3-4,7,14H2,1-2H3. The van der Waals surface area contributed by atoms with Gasteiger partial charge in [-0.3, -0.25) is 9.48 Å². The molecule has 0 saturated heterocycles. The van der Waals surface area contributed by atoms with Gasteiger partial charge in [0.25, 0.3) is 5.56 Å². The lowest BCUT2D eigenvalue weighted by molar-refractivity contribution is 0.324. The van der Waals surface area contributed by atoms with Crippen molar-refractivity contribution >= 4 is 11.6 Å². The van der Waals surface area contributed by atoms with Crippen molar-refractivity contribution in [2.45, 2.75) is 13.5 Å². The zero-order chi connectivity index (χ0) is 14.7. The van der Waals surface area contributed by atoms with E-state index < -0.39 is 0 Å². The Hall–Kier alpha value is -1.86. The molecule has 0 aliphatic carbocycles. The van der Waals surface area contributed by atoms with Gasteiger partial charge in [0.1, 0.15) is 12.4 Å². The van der Waals surface area contributed by atoms with Crippen molar-refractivity contribution in [2.75, 3.05) is 13.2 Å². The molecule has 0 unspecified atom stereocenters. The van der Waals surface area contributed by atoms with Gasteiger partial charge in [-0.15, -0.1) is 0 Å². The van der Waals surface area contributed by atoms with Gasteiger partial charge in [0.2, 0.25) is 0 Å². The minimum Gasteiger partial charge on any atom is -0.490 e. The fraction of sp³-hybridized carbons (Fsp3) is 0.417. The van der Waals surface area contributed by atoms with E-state index in [9.17, 15) is 4.79 Å². The number of halogens is 1. The average Bonchev–Trinajstić information content (AvgIpc) is 2.65. The van der Waals surface area contributed by atoms with Crippen molar-refractivity contribution in [1.82, 2.24) is 19.6 Å². The first-order valence-electron chi connectivity index (χ1n) is 6.11. The molecule has 0 atom stereocenters. The van der Waals surface area contributed by atoms with E-state index in [1.807, 2.05) is 6.92 Å². The number of hydrogen-bond donors (Lipinski definition) is 1. The molecular formula is C12H16ClN5O2. The summed E-state index contributed by atoms with van der Waals surface area (Å²) >= 11 is 6.15. The van der Waals surface area contributed by atoms with Crippen LogP contribution in [0.15, 0.2) is 17.1 Å². The Kier molecular flexibility index (Phi) is 4.41. The molecule has 0 aliphatic heterocycles. The average molecular weight is 298 g/mol. The maximum Gasteiger partial charge on any atom is 0.270 e. The molecule has 0 saturated carbocycles. The lowest BCUT2D eigenvalue weighted by Gasteiger charge is -2.07. The van der Waals surface area contributed by atoms with Crippen LogP contribution < -0.4 is 16.0 Å². The largest absolute Gasteiger partial charge is 0.490 e. The van der Waals surface area contributed by atoms with Crippen LogP contribution in [0.3, 0.4) is 0 Å². The SMILES string of the molecule is Cc1nn(C)c(Cn2ncc(OCCN)cc2=O)c1Cl. The predicted octanol–water partition coefficient (Wildman–Crippen LogP) is 0.324. The summed E-state index contributed by atoms with van der Waals surface area (Å²) in [6.07, 6.45) is 1.48. The fourth-order valence-electron chi connectivity index (χ4n) is 1.79. The van der Waals surface area contributed by atoms with E-state index in [4.69, 9.17) is 22.1 Å². The molecule has 2 aromatic rings. The number of nitrogens with zero attached hydrogens (tertiary/aromatic N) is 4. The van der Waals surface area contributed by atoms with Crippen LogP contribution in [0.25, 0.3) is 0 Å². The van der Waals surface area contributed by atoms with Crippen molar-refractivity contribution in [3.63, 3.8) is 0 Å². The lowest BCUT2D eigenvalue weighted by Crippen LogP contribution is -2.24. The summed E-state index contributed by atoms with van der Waals surface area (Å²) in [5.74, 6) is 0.406. The summed E-state index contributed by atoms with van der Waals surface area (Å²) in [6.45, 7) is 2.79. The second kappa shape index (κ2) is 6.06. The molecule has 0 radical (unpaired) electrons. The van der Waals surface area contributed by atoms with Gasteiger partial charge in [0.15, 0.2) is 0 Å². The van der Waals surface area contributed by atoms with Gasteiger partial charge in [-0.05, 0) is 6.92 Å². The molecular weight excluding hydrogens is 282 g/mol. The predicted molar refractivity (Wildman–Crippen MR) is 75.1 cm³/mol. The smallest absolute Gasteiger partial charge is 0.270 e. The van der Waals surface area contributed by atoms with Crippen LogP contribution in [0.1, 0.15) is 11.4 Å². The van der Waals surface area contributed by atoms with Crippen LogP contribution in [-0.2, 0) is 13.6 Å². The molecule has 7 nitrogen and oxygen atoms in total. The minimum atomic E-state index is -0.269. The van der Waals surface area contributed by atoms with E-state index in [0.29, 0.717) is 23.9 Å². The number of aromatic nitrogens is 4. The molecule has 0 spiro atoms. The number of rotatable bonds is 5. The molecule has 8 heteroatoms. The van der Waals surface area contributed by atoms with E-state index in [2.05, 4.69) is 10.2 Å². The Morgan fingerprint density at radius 2 is 2.25 bits per heavy atom. The number of aryl methyl sites for hydroxylation is 2. The molecule has 2 rings (SSSR count). The first kappa shape index (κ1) is 14.5. The quantitative estimate of drug-likeness (QED) is 0.859. The third kappa shape index (κ3) is 3.00. The van der Waals surface area contributed by atoms with Crippen LogP contribution in [0, 0.1) is 6.92 Å². The summed E-state index contributed by atoms with van der Waals surface area (Å²) in [5.41, 5.74) is 6.51. The molecule has 0 aromatic carbocycles. The van der Waals surface area contributed by atoms with Crippen molar-refractivity contribution in [2.24, 2.45) is 12.8 Å². The molecule has 0 aliphatic rings. The van der Waals surface area contributed by atoms with Gasteiger partial charge >= 0.3 is 0 Å². The molecule has 0 fully saturated rings. The van der Waals surface area contributed by atoms with Crippen LogP contribution >= 0.6 is 11.6 Å². The second-order valence-corrected chi connectivity index (χ2v) is 4.67. The van der Waals surface area contributed by atoms with Crippen molar-refractivity contribution in [3.05, 3.63) is 39.0 Å². The zero-order valence-electron chi connectivity index (χ0n) is 11.3. The third-order valence-corrected chi connectivity index (χ3v) is 3.28. The molecule has 2 heterocycles. The highest BCUT2D eigenvalue weighted by atomic mass is 35.5. The Balaban J connectivity index is 2.24. The van der Waals surface area contributed by atoms with E-state index in [1.165, 1.54) is 16.9 Å². The number of nitrogens with two attached hydrogens (primary N) is 1. The molecule has 0 amide bonds. The Bertz CT molecular complexity index is 664. The molecule has 108 valence electrons. The monoisotopic (exact) mass is 297 g/mol. The highest BCUT2D eigenvalue weighted by Crippen LogP contribution is 2.19. The van der Waals surface area contributed by atoms with E-state index in [0.717, 1.165) is 11.4 Å². The fourth-order valence-corrected chi connectivity index (χ4v) is 2.01. The second-order valence-electron chi connectivity index (χ2n) is 4.29. The number of ether oxygens (including phenoxy) is 1. The van der Waals surface area contributed by atoms with Gasteiger partial charge in [-0.25, -0.2) is 4.68 Å². The van der Waals surface area contributed by atoms with Gasteiger partial charge in [-0.2, -0.15) is 10.2 Å². The third-order valence-electron chi connectivity index (χ3n) is 2.79. The Morgan fingerprint density at radius 1 is 1.50 bits per heavy atom. The van der Waals surface area contributed by atoms with Gasteiger partial charge < -0.3 is 10.5 Å². The summed E-state index contributed by atoms with van der Waals surface area (Å²) in [4.78, 5) is 12.0. The first-order valence-corrected chi connectivity index (χ1v) is 6.48. The van der Waals surface area contributed by atoms with Crippen molar-refractivity contribution in [1.29, 1.82) is 0 Å². The number of hydrogen-bond acceptors (Lipinski definition) is 5. The summed E-state index contributed by atoms with van der Waals surface area (Å²) in [5, 5.41) is 8.80. The summed E-state index contributed by atoms with van der Waals surface area (Å²) < 4.78 is 8.19. The molecule has 0 bridgehead atoms. The van der Waals surface area contributed by atoms with Gasteiger partial charge in [-0.1, -0.05) is 11.6 Å². The van der Waals surface area contributed by atoms with Crippen molar-refractivity contribution < 1.29 is 4.74 Å². The van der Waals surface area contributed by atoms with E-state index in [-0.39, 0.29) is 12.1 Å². The normalized spacial score (nSPS) is 10.8. The lowest BCUT2D eigenvalue weighted by atomic mass is 10.3. The topological polar surface area (TPSA) is 88.0 Å².